The average molecular weight is 281 g/mol. The first-order valence-electron chi connectivity index (χ1n) is 6.57. The summed E-state index contributed by atoms with van der Waals surface area (Å²) in [5.41, 5.74) is -0.338. The SMILES string of the molecule is COc1ccc(OC(C)C(=O)NCC(C)(C)CO)cc1. The zero-order chi connectivity index (χ0) is 15.2. The van der Waals surface area contributed by atoms with E-state index in [1.807, 2.05) is 13.8 Å². The largest absolute Gasteiger partial charge is 0.497 e. The van der Waals surface area contributed by atoms with Gasteiger partial charge in [0.05, 0.1) is 7.11 Å². The number of benzene rings is 1. The lowest BCUT2D eigenvalue weighted by Gasteiger charge is -2.23. The zero-order valence-corrected chi connectivity index (χ0v) is 12.5. The van der Waals surface area contributed by atoms with Crippen LogP contribution in [0.3, 0.4) is 0 Å². The van der Waals surface area contributed by atoms with Crippen LogP contribution in [0.2, 0.25) is 0 Å². The van der Waals surface area contributed by atoms with E-state index in [4.69, 9.17) is 14.6 Å². The average Bonchev–Trinajstić information content (AvgIpc) is 2.45. The maximum absolute atomic E-state index is 11.9. The summed E-state index contributed by atoms with van der Waals surface area (Å²) in [5, 5.41) is 11.9. The zero-order valence-electron chi connectivity index (χ0n) is 12.5. The van der Waals surface area contributed by atoms with Gasteiger partial charge in [-0.2, -0.15) is 0 Å². The minimum Gasteiger partial charge on any atom is -0.497 e. The lowest BCUT2D eigenvalue weighted by molar-refractivity contribution is -0.127. The van der Waals surface area contributed by atoms with Gasteiger partial charge in [-0.05, 0) is 31.2 Å². The van der Waals surface area contributed by atoms with Crippen LogP contribution in [0.15, 0.2) is 24.3 Å². The fraction of sp³-hybridized carbons (Fsp3) is 0.533. The molecule has 1 unspecified atom stereocenters. The van der Waals surface area contributed by atoms with Gasteiger partial charge in [-0.1, -0.05) is 13.8 Å². The summed E-state index contributed by atoms with van der Waals surface area (Å²) < 4.78 is 10.6. The van der Waals surface area contributed by atoms with Crippen LogP contribution in [0, 0.1) is 5.41 Å². The second-order valence-corrected chi connectivity index (χ2v) is 5.48. The number of amides is 1. The third kappa shape index (κ3) is 5.09. The van der Waals surface area contributed by atoms with Crippen LogP contribution in [-0.4, -0.2) is 37.4 Å². The smallest absolute Gasteiger partial charge is 0.260 e. The van der Waals surface area contributed by atoms with Gasteiger partial charge in [-0.25, -0.2) is 0 Å². The highest BCUT2D eigenvalue weighted by atomic mass is 16.5. The number of rotatable bonds is 7. The highest BCUT2D eigenvalue weighted by Gasteiger charge is 2.20. The number of nitrogens with one attached hydrogen (secondary N) is 1. The highest BCUT2D eigenvalue weighted by molar-refractivity contribution is 5.80. The predicted molar refractivity (Wildman–Crippen MR) is 77.0 cm³/mol. The van der Waals surface area contributed by atoms with E-state index in [2.05, 4.69) is 5.32 Å². The highest BCUT2D eigenvalue weighted by Crippen LogP contribution is 2.18. The first-order valence-corrected chi connectivity index (χ1v) is 6.57. The quantitative estimate of drug-likeness (QED) is 0.796. The lowest BCUT2D eigenvalue weighted by Crippen LogP contribution is -2.42. The van der Waals surface area contributed by atoms with Crippen LogP contribution < -0.4 is 14.8 Å². The molecule has 0 aliphatic heterocycles. The van der Waals surface area contributed by atoms with Crippen molar-refractivity contribution in [3.63, 3.8) is 0 Å². The summed E-state index contributed by atoms with van der Waals surface area (Å²) in [5.74, 6) is 1.14. The van der Waals surface area contributed by atoms with Gasteiger partial charge in [0.25, 0.3) is 5.91 Å². The van der Waals surface area contributed by atoms with Crippen molar-refractivity contribution in [3.05, 3.63) is 24.3 Å². The molecule has 1 rings (SSSR count). The van der Waals surface area contributed by atoms with Gasteiger partial charge >= 0.3 is 0 Å². The summed E-state index contributed by atoms with van der Waals surface area (Å²) >= 11 is 0. The molecule has 0 aromatic heterocycles. The van der Waals surface area contributed by atoms with Crippen LogP contribution in [0.4, 0.5) is 0 Å². The van der Waals surface area contributed by atoms with Crippen molar-refractivity contribution in [3.8, 4) is 11.5 Å². The summed E-state index contributed by atoms with van der Waals surface area (Å²) in [4.78, 5) is 11.9. The number of hydrogen-bond donors (Lipinski definition) is 2. The monoisotopic (exact) mass is 281 g/mol. The molecule has 0 saturated heterocycles. The normalized spacial score (nSPS) is 12.7. The Balaban J connectivity index is 2.48. The Morgan fingerprint density at radius 2 is 1.85 bits per heavy atom. The Bertz CT molecular complexity index is 428. The Kier molecular flexibility index (Phi) is 5.82. The van der Waals surface area contributed by atoms with E-state index in [9.17, 15) is 4.79 Å². The number of aliphatic hydroxyl groups is 1. The van der Waals surface area contributed by atoms with Crippen LogP contribution in [0.1, 0.15) is 20.8 Å². The number of aliphatic hydroxyl groups excluding tert-OH is 1. The van der Waals surface area contributed by atoms with Crippen molar-refractivity contribution in [1.82, 2.24) is 5.32 Å². The molecule has 0 aliphatic carbocycles. The van der Waals surface area contributed by atoms with Gasteiger partial charge in [-0.3, -0.25) is 4.79 Å². The molecule has 0 fully saturated rings. The fourth-order valence-electron chi connectivity index (χ4n) is 1.44. The van der Waals surface area contributed by atoms with E-state index < -0.39 is 6.10 Å². The number of hydrogen-bond acceptors (Lipinski definition) is 4. The Morgan fingerprint density at radius 3 is 2.35 bits per heavy atom. The first kappa shape index (κ1) is 16.3. The second kappa shape index (κ2) is 7.14. The maximum Gasteiger partial charge on any atom is 0.260 e. The Morgan fingerprint density at radius 1 is 1.30 bits per heavy atom. The predicted octanol–water partition coefficient (Wildman–Crippen LogP) is 1.60. The van der Waals surface area contributed by atoms with Crippen LogP contribution in [-0.2, 0) is 4.79 Å². The molecule has 0 spiro atoms. The number of methoxy groups -OCH3 is 1. The molecule has 1 atom stereocenters. The fourth-order valence-corrected chi connectivity index (χ4v) is 1.44. The third-order valence-electron chi connectivity index (χ3n) is 2.91. The van der Waals surface area contributed by atoms with Crippen molar-refractivity contribution in [2.24, 2.45) is 5.41 Å². The minimum atomic E-state index is -0.599. The minimum absolute atomic E-state index is 0.0149. The summed E-state index contributed by atoms with van der Waals surface area (Å²) in [6, 6.07) is 7.05. The molecular formula is C15H23NO4. The number of carbonyl (C=O) groups excluding carboxylic acids is 1. The van der Waals surface area contributed by atoms with Crippen molar-refractivity contribution in [2.45, 2.75) is 26.9 Å². The molecular weight excluding hydrogens is 258 g/mol. The lowest BCUT2D eigenvalue weighted by atomic mass is 9.95. The van der Waals surface area contributed by atoms with E-state index in [1.165, 1.54) is 0 Å². The Labute approximate surface area is 119 Å². The van der Waals surface area contributed by atoms with E-state index >= 15 is 0 Å². The first-order chi connectivity index (χ1) is 9.38. The molecule has 20 heavy (non-hydrogen) atoms. The molecule has 5 heteroatoms. The molecule has 112 valence electrons. The van der Waals surface area contributed by atoms with Crippen molar-refractivity contribution in [2.75, 3.05) is 20.3 Å². The molecule has 0 bridgehead atoms. The molecule has 0 aliphatic rings. The van der Waals surface area contributed by atoms with E-state index in [0.717, 1.165) is 5.75 Å². The van der Waals surface area contributed by atoms with Gasteiger partial charge in [-0.15, -0.1) is 0 Å². The molecule has 1 amide bonds. The standard InChI is InChI=1S/C15H23NO4/c1-11(14(18)16-9-15(2,3)10-17)20-13-7-5-12(19-4)6-8-13/h5-8,11,17H,9-10H2,1-4H3,(H,16,18). The second-order valence-electron chi connectivity index (χ2n) is 5.48. The molecule has 0 heterocycles. The number of ether oxygens (including phenoxy) is 2. The van der Waals surface area contributed by atoms with Crippen LogP contribution in [0.5, 0.6) is 11.5 Å². The van der Waals surface area contributed by atoms with Crippen LogP contribution >= 0.6 is 0 Å². The van der Waals surface area contributed by atoms with Gasteiger partial charge in [0.1, 0.15) is 11.5 Å². The maximum atomic E-state index is 11.9. The molecule has 1 aromatic carbocycles. The van der Waals surface area contributed by atoms with Gasteiger partial charge in [0, 0.05) is 18.6 Å². The van der Waals surface area contributed by atoms with E-state index in [-0.39, 0.29) is 17.9 Å². The van der Waals surface area contributed by atoms with E-state index in [1.54, 1.807) is 38.3 Å². The van der Waals surface area contributed by atoms with Gasteiger partial charge in [0.15, 0.2) is 6.10 Å². The molecule has 1 aromatic rings. The topological polar surface area (TPSA) is 67.8 Å². The molecule has 5 nitrogen and oxygen atoms in total. The molecule has 0 saturated carbocycles. The van der Waals surface area contributed by atoms with E-state index in [0.29, 0.717) is 12.3 Å². The summed E-state index contributed by atoms with van der Waals surface area (Å²) in [6.07, 6.45) is -0.599. The van der Waals surface area contributed by atoms with Crippen molar-refractivity contribution >= 4 is 5.91 Å². The van der Waals surface area contributed by atoms with Crippen molar-refractivity contribution in [1.29, 1.82) is 0 Å². The third-order valence-corrected chi connectivity index (χ3v) is 2.91. The Hall–Kier alpha value is -1.75. The van der Waals surface area contributed by atoms with Gasteiger partial charge < -0.3 is 19.9 Å². The number of carbonyl (C=O) groups is 1. The van der Waals surface area contributed by atoms with Crippen molar-refractivity contribution < 1.29 is 19.4 Å². The molecule has 2 N–H and O–H groups in total. The molecule has 0 radical (unpaired) electrons. The van der Waals surface area contributed by atoms with Gasteiger partial charge in [0.2, 0.25) is 0 Å². The summed E-state index contributed by atoms with van der Waals surface area (Å²) in [6.45, 7) is 5.86. The summed E-state index contributed by atoms with van der Waals surface area (Å²) in [7, 11) is 1.59. The van der Waals surface area contributed by atoms with Crippen LogP contribution in [0.25, 0.3) is 0 Å².